The quantitative estimate of drug-likeness (QED) is 0.481. The van der Waals surface area contributed by atoms with Gasteiger partial charge < -0.3 is 10.5 Å². The normalized spacial score (nSPS) is 13.7. The van der Waals surface area contributed by atoms with Crippen molar-refractivity contribution in [2.75, 3.05) is 6.54 Å². The number of carbonyl (C=O) groups is 1. The van der Waals surface area contributed by atoms with E-state index in [1.54, 1.807) is 0 Å². The molecule has 0 heterocycles. The van der Waals surface area contributed by atoms with Gasteiger partial charge in [0.15, 0.2) is 0 Å². The summed E-state index contributed by atoms with van der Waals surface area (Å²) < 4.78 is 0. The summed E-state index contributed by atoms with van der Waals surface area (Å²) in [4.78, 5) is 10.4. The first-order chi connectivity index (χ1) is 7.11. The number of hydrogen-bond donors (Lipinski definition) is 2. The molecule has 0 bridgehead atoms. The van der Waals surface area contributed by atoms with Gasteiger partial charge in [0.25, 0.3) is 0 Å². The van der Waals surface area contributed by atoms with Gasteiger partial charge in [0, 0.05) is 6.54 Å². The molecule has 0 rings (SSSR count). The van der Waals surface area contributed by atoms with Crippen LogP contribution in [0.25, 0.3) is 0 Å². The number of hydrogen-bond acceptors (Lipinski definition) is 3. The predicted octanol–water partition coefficient (Wildman–Crippen LogP) is 2.25. The molecule has 0 fully saturated rings. The van der Waals surface area contributed by atoms with Crippen LogP contribution in [0.15, 0.2) is 5.10 Å². The first-order valence-corrected chi connectivity index (χ1v) is 5.62. The third kappa shape index (κ3) is 6.94. The van der Waals surface area contributed by atoms with Gasteiger partial charge in [-0.05, 0) is 19.3 Å². The molecule has 0 aromatic heterocycles. The van der Waals surface area contributed by atoms with E-state index in [1.165, 1.54) is 26.2 Å². The Morgan fingerprint density at radius 3 is 2.60 bits per heavy atom. The average Bonchev–Trinajstić information content (AvgIpc) is 2.22. The lowest BCUT2D eigenvalue weighted by Crippen LogP contribution is -2.21. The van der Waals surface area contributed by atoms with Gasteiger partial charge in [-0.3, -0.25) is 0 Å². The smallest absolute Gasteiger partial charge is 0.351 e. The fourth-order valence-electron chi connectivity index (χ4n) is 1.28. The molecule has 0 aliphatic heterocycles. The summed E-state index contributed by atoms with van der Waals surface area (Å²) >= 11 is 0. The van der Waals surface area contributed by atoms with E-state index in [2.05, 4.69) is 24.4 Å². The largest absolute Gasteiger partial charge is 0.477 e. The highest BCUT2D eigenvalue weighted by Crippen LogP contribution is 2.10. The van der Waals surface area contributed by atoms with Crippen LogP contribution in [0.5, 0.6) is 0 Å². The molecular weight excluding hydrogens is 192 g/mol. The van der Waals surface area contributed by atoms with Crippen LogP contribution < -0.4 is 5.43 Å². The number of carboxylic acids is 1. The molecule has 0 aliphatic rings. The molecule has 2 N–H and O–H groups in total. The third-order valence-corrected chi connectivity index (χ3v) is 2.48. The minimum absolute atomic E-state index is 0.111. The highest BCUT2D eigenvalue weighted by molar-refractivity contribution is 6.34. The number of nitrogens with zero attached hydrogens (tertiary/aromatic N) is 1. The lowest BCUT2D eigenvalue weighted by molar-refractivity contribution is -0.129. The molecule has 0 aliphatic carbocycles. The molecule has 1 unspecified atom stereocenters. The topological polar surface area (TPSA) is 61.7 Å². The average molecular weight is 214 g/mol. The van der Waals surface area contributed by atoms with Crippen molar-refractivity contribution in [3.05, 3.63) is 0 Å². The maximum absolute atomic E-state index is 10.4. The summed E-state index contributed by atoms with van der Waals surface area (Å²) in [5.74, 6) is -0.376. The van der Waals surface area contributed by atoms with Gasteiger partial charge in [-0.2, -0.15) is 5.10 Å². The fourth-order valence-corrected chi connectivity index (χ4v) is 1.28. The summed E-state index contributed by atoms with van der Waals surface area (Å²) in [6.45, 7) is 6.58. The zero-order valence-corrected chi connectivity index (χ0v) is 9.92. The van der Waals surface area contributed by atoms with Crippen molar-refractivity contribution in [2.45, 2.75) is 46.5 Å². The van der Waals surface area contributed by atoms with E-state index >= 15 is 0 Å². The van der Waals surface area contributed by atoms with Crippen LogP contribution in [-0.2, 0) is 4.79 Å². The minimum atomic E-state index is -0.968. The van der Waals surface area contributed by atoms with Gasteiger partial charge in [0.05, 0.1) is 0 Å². The number of carboxylic acid groups (broad SMARTS) is 1. The van der Waals surface area contributed by atoms with Crippen LogP contribution in [0, 0.1) is 5.92 Å². The molecule has 15 heavy (non-hydrogen) atoms. The molecule has 0 saturated heterocycles. The number of aliphatic carboxylic acids is 1. The van der Waals surface area contributed by atoms with Crippen molar-refractivity contribution in [3.8, 4) is 0 Å². The molecule has 1 atom stereocenters. The van der Waals surface area contributed by atoms with Crippen molar-refractivity contribution >= 4 is 11.7 Å². The maximum Gasteiger partial charge on any atom is 0.351 e. The van der Waals surface area contributed by atoms with Gasteiger partial charge in [-0.1, -0.05) is 33.1 Å². The van der Waals surface area contributed by atoms with E-state index in [0.717, 1.165) is 13.0 Å². The van der Waals surface area contributed by atoms with Gasteiger partial charge in [0.2, 0.25) is 0 Å². The Balaban J connectivity index is 3.80. The second-order valence-corrected chi connectivity index (χ2v) is 3.78. The minimum Gasteiger partial charge on any atom is -0.477 e. The Kier molecular flexibility index (Phi) is 7.68. The van der Waals surface area contributed by atoms with Crippen LogP contribution in [0.3, 0.4) is 0 Å². The number of hydrazone groups is 1. The van der Waals surface area contributed by atoms with Crippen molar-refractivity contribution in [1.82, 2.24) is 5.43 Å². The molecule has 4 heteroatoms. The zero-order valence-electron chi connectivity index (χ0n) is 9.92. The summed E-state index contributed by atoms with van der Waals surface area (Å²) in [5.41, 5.74) is 2.94. The number of unbranched alkanes of at least 4 members (excludes halogenated alkanes) is 1. The monoisotopic (exact) mass is 214 g/mol. The molecule has 0 aromatic rings. The van der Waals surface area contributed by atoms with E-state index in [0.29, 0.717) is 5.92 Å². The van der Waals surface area contributed by atoms with Crippen molar-refractivity contribution < 1.29 is 9.90 Å². The highest BCUT2D eigenvalue weighted by Gasteiger charge is 2.05. The summed E-state index contributed by atoms with van der Waals surface area (Å²) in [7, 11) is 0. The van der Waals surface area contributed by atoms with Crippen LogP contribution in [0.2, 0.25) is 0 Å². The van der Waals surface area contributed by atoms with E-state index in [9.17, 15) is 4.79 Å². The maximum atomic E-state index is 10.4. The van der Waals surface area contributed by atoms with Gasteiger partial charge in [-0.15, -0.1) is 0 Å². The van der Waals surface area contributed by atoms with Crippen molar-refractivity contribution in [3.63, 3.8) is 0 Å². The summed E-state index contributed by atoms with van der Waals surface area (Å²) in [5, 5.41) is 12.4. The van der Waals surface area contributed by atoms with E-state index < -0.39 is 5.97 Å². The van der Waals surface area contributed by atoms with Crippen LogP contribution in [0.1, 0.15) is 46.5 Å². The third-order valence-electron chi connectivity index (χ3n) is 2.48. The summed E-state index contributed by atoms with van der Waals surface area (Å²) in [6.07, 6.45) is 4.71. The lowest BCUT2D eigenvalue weighted by atomic mass is 10.00. The molecule has 0 amide bonds. The van der Waals surface area contributed by atoms with Crippen LogP contribution >= 0.6 is 0 Å². The molecule has 0 radical (unpaired) electrons. The van der Waals surface area contributed by atoms with Gasteiger partial charge >= 0.3 is 5.97 Å². The summed E-state index contributed by atoms with van der Waals surface area (Å²) in [6, 6.07) is 0. The highest BCUT2D eigenvalue weighted by atomic mass is 16.4. The molecule has 88 valence electrons. The molecular formula is C11H22N2O2. The Bertz CT molecular complexity index is 215. The second-order valence-electron chi connectivity index (χ2n) is 3.78. The van der Waals surface area contributed by atoms with Gasteiger partial charge in [-0.25, -0.2) is 4.79 Å². The predicted molar refractivity (Wildman–Crippen MR) is 62.1 cm³/mol. The number of rotatable bonds is 8. The van der Waals surface area contributed by atoms with Crippen LogP contribution in [-0.4, -0.2) is 23.3 Å². The molecule has 0 spiro atoms. The fraction of sp³-hybridized carbons (Fsp3) is 0.818. The van der Waals surface area contributed by atoms with E-state index in [4.69, 9.17) is 5.11 Å². The first-order valence-electron chi connectivity index (χ1n) is 5.62. The second kappa shape index (κ2) is 8.26. The molecule has 0 saturated carbocycles. The van der Waals surface area contributed by atoms with Crippen molar-refractivity contribution in [2.24, 2.45) is 11.0 Å². The Hall–Kier alpha value is -1.06. The molecule has 4 nitrogen and oxygen atoms in total. The van der Waals surface area contributed by atoms with E-state index in [-0.39, 0.29) is 5.71 Å². The standard InChI is InChI=1S/C11H22N2O2/c1-4-6-7-10(5-2)8-12-13-9(3)11(14)15/h10,12H,4-8H2,1-3H3,(H,14,15)/b13-9-. The number of nitrogens with one attached hydrogen (secondary N) is 1. The van der Waals surface area contributed by atoms with Gasteiger partial charge in [0.1, 0.15) is 5.71 Å². The lowest BCUT2D eigenvalue weighted by Gasteiger charge is -2.13. The van der Waals surface area contributed by atoms with Crippen molar-refractivity contribution in [1.29, 1.82) is 0 Å². The first kappa shape index (κ1) is 13.9. The SMILES string of the molecule is CCCCC(CC)CN/N=C(/C)C(=O)O. The Morgan fingerprint density at radius 2 is 2.13 bits per heavy atom. The van der Waals surface area contributed by atoms with E-state index in [1.807, 2.05) is 0 Å². The Labute approximate surface area is 91.8 Å². The van der Waals surface area contributed by atoms with Crippen LogP contribution in [0.4, 0.5) is 0 Å². The Morgan fingerprint density at radius 1 is 1.47 bits per heavy atom. The molecule has 0 aromatic carbocycles. The zero-order chi connectivity index (χ0) is 11.7.